The Morgan fingerprint density at radius 2 is 2.29 bits per heavy atom. The predicted octanol–water partition coefficient (Wildman–Crippen LogP) is 1.66. The van der Waals surface area contributed by atoms with Gasteiger partial charge in [0.25, 0.3) is 11.6 Å². The molecule has 0 heterocycles. The number of nitro benzene ring substituents is 1. The summed E-state index contributed by atoms with van der Waals surface area (Å²) in [6.45, 7) is 1.91. The van der Waals surface area contributed by atoms with Gasteiger partial charge in [0.2, 0.25) is 0 Å². The van der Waals surface area contributed by atoms with E-state index in [1.165, 1.54) is 12.1 Å². The smallest absolute Gasteiger partial charge is 0.273 e. The fourth-order valence-corrected chi connectivity index (χ4v) is 1.41. The zero-order valence-corrected chi connectivity index (χ0v) is 9.40. The van der Waals surface area contributed by atoms with Crippen molar-refractivity contribution in [1.82, 2.24) is 5.32 Å². The summed E-state index contributed by atoms with van der Waals surface area (Å²) in [6.07, 6.45) is 5.49. The molecule has 0 unspecified atom stereocenters. The summed E-state index contributed by atoms with van der Waals surface area (Å²) in [6, 6.07) is 4.41. The van der Waals surface area contributed by atoms with Crippen molar-refractivity contribution < 1.29 is 9.72 Å². The minimum atomic E-state index is -0.506. The van der Waals surface area contributed by atoms with Gasteiger partial charge in [0.1, 0.15) is 0 Å². The van der Waals surface area contributed by atoms with E-state index in [2.05, 4.69) is 11.2 Å². The van der Waals surface area contributed by atoms with Crippen LogP contribution in [0.2, 0.25) is 0 Å². The zero-order valence-electron chi connectivity index (χ0n) is 9.40. The van der Waals surface area contributed by atoms with E-state index in [0.29, 0.717) is 24.1 Å². The van der Waals surface area contributed by atoms with E-state index < -0.39 is 4.92 Å². The quantitative estimate of drug-likeness (QED) is 0.371. The summed E-state index contributed by atoms with van der Waals surface area (Å²) in [7, 11) is 0. The molecule has 0 aliphatic heterocycles. The Hall–Kier alpha value is -2.35. The van der Waals surface area contributed by atoms with Crippen molar-refractivity contribution in [2.24, 2.45) is 0 Å². The molecule has 17 heavy (non-hydrogen) atoms. The number of nitro groups is 1. The Bertz CT molecular complexity index is 489. The van der Waals surface area contributed by atoms with Crippen LogP contribution in [0.1, 0.15) is 22.3 Å². The molecule has 1 aromatic rings. The highest BCUT2D eigenvalue weighted by molar-refractivity contribution is 5.96. The van der Waals surface area contributed by atoms with Crippen molar-refractivity contribution >= 4 is 11.6 Å². The number of hydrogen-bond donors (Lipinski definition) is 1. The number of terminal acetylenes is 1. The van der Waals surface area contributed by atoms with Gasteiger partial charge in [-0.05, 0) is 13.0 Å². The molecule has 5 heteroatoms. The predicted molar refractivity (Wildman–Crippen MR) is 63.6 cm³/mol. The first kappa shape index (κ1) is 12.7. The molecule has 0 fully saturated rings. The number of rotatable bonds is 4. The molecule has 0 aromatic heterocycles. The van der Waals surface area contributed by atoms with Crippen molar-refractivity contribution in [3.05, 3.63) is 39.4 Å². The summed E-state index contributed by atoms with van der Waals surface area (Å²) in [4.78, 5) is 21.9. The minimum Gasteiger partial charge on any atom is -0.351 e. The molecule has 0 saturated heterocycles. The fraction of sp³-hybridized carbons (Fsp3) is 0.250. The topological polar surface area (TPSA) is 72.2 Å². The van der Waals surface area contributed by atoms with Gasteiger partial charge < -0.3 is 5.32 Å². The third-order valence-corrected chi connectivity index (χ3v) is 2.30. The third kappa shape index (κ3) is 3.05. The molecule has 0 radical (unpaired) electrons. The molecule has 1 aromatic carbocycles. The second-order valence-corrected chi connectivity index (χ2v) is 3.42. The number of amides is 1. The molecular weight excluding hydrogens is 220 g/mol. The standard InChI is InChI=1S/C12H12N2O3/c1-3-4-8-13-12(15)10-6-5-7-11(9(10)2)14(16)17/h1,5-7H,4,8H2,2H3,(H,13,15). The van der Waals surface area contributed by atoms with Gasteiger partial charge in [-0.1, -0.05) is 6.07 Å². The lowest BCUT2D eigenvalue weighted by Gasteiger charge is -2.06. The lowest BCUT2D eigenvalue weighted by atomic mass is 10.1. The van der Waals surface area contributed by atoms with E-state index in [1.54, 1.807) is 13.0 Å². The van der Waals surface area contributed by atoms with Crippen LogP contribution in [0.5, 0.6) is 0 Å². The van der Waals surface area contributed by atoms with Crippen molar-refractivity contribution in [3.63, 3.8) is 0 Å². The van der Waals surface area contributed by atoms with Crippen molar-refractivity contribution in [2.45, 2.75) is 13.3 Å². The Morgan fingerprint density at radius 1 is 1.59 bits per heavy atom. The monoisotopic (exact) mass is 232 g/mol. The first-order chi connectivity index (χ1) is 8.07. The Kier molecular flexibility index (Phi) is 4.23. The highest BCUT2D eigenvalue weighted by Crippen LogP contribution is 2.20. The van der Waals surface area contributed by atoms with Gasteiger partial charge in [-0.2, -0.15) is 0 Å². The third-order valence-electron chi connectivity index (χ3n) is 2.30. The van der Waals surface area contributed by atoms with E-state index in [4.69, 9.17) is 6.42 Å². The molecule has 0 aliphatic rings. The molecule has 0 spiro atoms. The molecule has 1 N–H and O–H groups in total. The number of benzene rings is 1. The molecule has 1 amide bonds. The molecule has 88 valence electrons. The first-order valence-electron chi connectivity index (χ1n) is 5.03. The average molecular weight is 232 g/mol. The van der Waals surface area contributed by atoms with Crippen LogP contribution in [-0.4, -0.2) is 17.4 Å². The maximum atomic E-state index is 11.7. The second-order valence-electron chi connectivity index (χ2n) is 3.42. The molecule has 5 nitrogen and oxygen atoms in total. The molecule has 0 aliphatic carbocycles. The highest BCUT2D eigenvalue weighted by Gasteiger charge is 2.17. The lowest BCUT2D eigenvalue weighted by Crippen LogP contribution is -2.25. The molecule has 0 bridgehead atoms. The van der Waals surface area contributed by atoms with Gasteiger partial charge in [-0.15, -0.1) is 12.3 Å². The van der Waals surface area contributed by atoms with Gasteiger partial charge in [0.15, 0.2) is 0 Å². The first-order valence-corrected chi connectivity index (χ1v) is 5.03. The Morgan fingerprint density at radius 3 is 2.88 bits per heavy atom. The molecular formula is C12H12N2O3. The van der Waals surface area contributed by atoms with Crippen LogP contribution in [0, 0.1) is 29.4 Å². The van der Waals surface area contributed by atoms with Crippen LogP contribution in [0.25, 0.3) is 0 Å². The Labute approximate surface area is 99.0 Å². The average Bonchev–Trinajstić information content (AvgIpc) is 2.29. The van der Waals surface area contributed by atoms with Crippen molar-refractivity contribution in [2.75, 3.05) is 6.54 Å². The van der Waals surface area contributed by atoms with E-state index in [0.717, 1.165) is 0 Å². The lowest BCUT2D eigenvalue weighted by molar-refractivity contribution is -0.385. The number of nitrogens with one attached hydrogen (secondary N) is 1. The normalized spacial score (nSPS) is 9.41. The van der Waals surface area contributed by atoms with Gasteiger partial charge >= 0.3 is 0 Å². The Balaban J connectivity index is 2.92. The highest BCUT2D eigenvalue weighted by atomic mass is 16.6. The van der Waals surface area contributed by atoms with Crippen LogP contribution in [0.15, 0.2) is 18.2 Å². The van der Waals surface area contributed by atoms with Gasteiger partial charge in [-0.3, -0.25) is 14.9 Å². The van der Waals surface area contributed by atoms with Crippen LogP contribution in [-0.2, 0) is 0 Å². The largest absolute Gasteiger partial charge is 0.351 e. The second kappa shape index (κ2) is 5.66. The zero-order chi connectivity index (χ0) is 12.8. The van der Waals surface area contributed by atoms with Gasteiger partial charge in [0, 0.05) is 30.2 Å². The maximum Gasteiger partial charge on any atom is 0.273 e. The van der Waals surface area contributed by atoms with Crippen LogP contribution in [0.3, 0.4) is 0 Å². The number of hydrogen-bond acceptors (Lipinski definition) is 3. The van der Waals surface area contributed by atoms with Crippen molar-refractivity contribution in [3.8, 4) is 12.3 Å². The summed E-state index contributed by atoms with van der Waals surface area (Å²) >= 11 is 0. The van der Waals surface area contributed by atoms with Crippen LogP contribution in [0.4, 0.5) is 5.69 Å². The van der Waals surface area contributed by atoms with Crippen LogP contribution >= 0.6 is 0 Å². The van der Waals surface area contributed by atoms with Crippen molar-refractivity contribution in [1.29, 1.82) is 0 Å². The number of carbonyl (C=O) groups is 1. The molecule has 1 rings (SSSR count). The minimum absolute atomic E-state index is 0.0606. The summed E-state index contributed by atoms with van der Waals surface area (Å²) in [5.41, 5.74) is 0.599. The van der Waals surface area contributed by atoms with Crippen LogP contribution < -0.4 is 5.32 Å². The number of nitrogens with zero attached hydrogens (tertiary/aromatic N) is 1. The molecule has 0 saturated carbocycles. The van der Waals surface area contributed by atoms with E-state index in [1.807, 2.05) is 0 Å². The van der Waals surface area contributed by atoms with E-state index in [9.17, 15) is 14.9 Å². The van der Waals surface area contributed by atoms with E-state index >= 15 is 0 Å². The molecule has 0 atom stereocenters. The summed E-state index contributed by atoms with van der Waals surface area (Å²) < 4.78 is 0. The number of carbonyl (C=O) groups excluding carboxylic acids is 1. The summed E-state index contributed by atoms with van der Waals surface area (Å²) in [5.74, 6) is 2.05. The fourth-order valence-electron chi connectivity index (χ4n) is 1.41. The SMILES string of the molecule is C#CCCNC(=O)c1cccc([N+](=O)[O-])c1C. The van der Waals surface area contributed by atoms with E-state index in [-0.39, 0.29) is 11.6 Å². The maximum absolute atomic E-state index is 11.7. The summed E-state index contributed by atoms with van der Waals surface area (Å²) in [5, 5.41) is 13.3. The van der Waals surface area contributed by atoms with Gasteiger partial charge in [-0.25, -0.2) is 0 Å². The van der Waals surface area contributed by atoms with Gasteiger partial charge in [0.05, 0.1) is 4.92 Å².